The Bertz CT molecular complexity index is 901. The van der Waals surface area contributed by atoms with Crippen LogP contribution in [0.3, 0.4) is 0 Å². The molecular formula is C22H26N4O3. The fraction of sp³-hybridized carbons (Fsp3) is 0.500. The number of hydrogen-bond acceptors (Lipinski definition) is 4. The Kier molecular flexibility index (Phi) is 4.83. The van der Waals surface area contributed by atoms with E-state index < -0.39 is 0 Å². The lowest BCUT2D eigenvalue weighted by Crippen LogP contribution is -2.37. The Labute approximate surface area is 170 Å². The average molecular weight is 394 g/mol. The summed E-state index contributed by atoms with van der Waals surface area (Å²) in [5, 5.41) is 7.29. The van der Waals surface area contributed by atoms with Gasteiger partial charge in [0.15, 0.2) is 0 Å². The number of likely N-dealkylation sites (tertiary alicyclic amines) is 1. The zero-order valence-electron chi connectivity index (χ0n) is 16.4. The van der Waals surface area contributed by atoms with Crippen molar-refractivity contribution in [2.75, 3.05) is 25.1 Å². The van der Waals surface area contributed by atoms with Crippen molar-refractivity contribution in [2.45, 2.75) is 38.1 Å². The van der Waals surface area contributed by atoms with Crippen LogP contribution in [-0.2, 0) is 9.53 Å². The second kappa shape index (κ2) is 7.63. The third-order valence-electron chi connectivity index (χ3n) is 6.49. The highest BCUT2D eigenvalue weighted by atomic mass is 16.5. The number of ether oxygens (including phenoxy) is 1. The molecule has 1 aromatic heterocycles. The zero-order chi connectivity index (χ0) is 19.8. The smallest absolute Gasteiger partial charge is 0.254 e. The first-order valence-corrected chi connectivity index (χ1v) is 10.5. The first kappa shape index (κ1) is 18.4. The highest BCUT2D eigenvalue weighted by Crippen LogP contribution is 2.38. The molecule has 0 spiro atoms. The van der Waals surface area contributed by atoms with Crippen LogP contribution >= 0.6 is 0 Å². The number of aromatic nitrogens is 2. The maximum absolute atomic E-state index is 12.8. The molecule has 7 heteroatoms. The number of rotatable bonds is 4. The van der Waals surface area contributed by atoms with Gasteiger partial charge in [0.2, 0.25) is 5.91 Å². The number of carbonyl (C=O) groups excluding carboxylic acids is 2. The first-order chi connectivity index (χ1) is 14.2. The maximum Gasteiger partial charge on any atom is 0.254 e. The van der Waals surface area contributed by atoms with Crippen molar-refractivity contribution >= 4 is 17.5 Å². The largest absolute Gasteiger partial charge is 0.381 e. The second-order valence-electron chi connectivity index (χ2n) is 8.39. The Morgan fingerprint density at radius 1 is 1.07 bits per heavy atom. The van der Waals surface area contributed by atoms with Gasteiger partial charge in [-0.15, -0.1) is 0 Å². The van der Waals surface area contributed by atoms with Gasteiger partial charge in [0.1, 0.15) is 0 Å². The fourth-order valence-electron chi connectivity index (χ4n) is 4.83. The predicted molar refractivity (Wildman–Crippen MR) is 108 cm³/mol. The monoisotopic (exact) mass is 394 g/mol. The van der Waals surface area contributed by atoms with Gasteiger partial charge in [-0.25, -0.2) is 4.68 Å². The fourth-order valence-corrected chi connectivity index (χ4v) is 4.83. The van der Waals surface area contributed by atoms with Gasteiger partial charge in [-0.3, -0.25) is 9.59 Å². The summed E-state index contributed by atoms with van der Waals surface area (Å²) in [4.78, 5) is 27.2. The standard InChI is InChI=1S/C22H26N4O3/c27-21(16-7-9-29-10-8-16)24-18-12-23-26(14-18)19-5-2-17(3-6-19)22(28)25-13-15-1-4-20(25)11-15/h2-3,5-6,12,14-16,20H,1,4,7-11,13H2,(H,24,27)/t15-,20-/m0/s1. The molecule has 7 nitrogen and oxygen atoms in total. The Morgan fingerprint density at radius 2 is 1.86 bits per heavy atom. The molecule has 2 aromatic rings. The quantitative estimate of drug-likeness (QED) is 0.865. The Morgan fingerprint density at radius 3 is 2.55 bits per heavy atom. The molecule has 152 valence electrons. The van der Waals surface area contributed by atoms with Gasteiger partial charge >= 0.3 is 0 Å². The van der Waals surface area contributed by atoms with Crippen molar-refractivity contribution in [3.05, 3.63) is 42.2 Å². The van der Waals surface area contributed by atoms with Crippen molar-refractivity contribution in [3.63, 3.8) is 0 Å². The number of nitrogens with one attached hydrogen (secondary N) is 1. The molecule has 29 heavy (non-hydrogen) atoms. The van der Waals surface area contributed by atoms with E-state index in [4.69, 9.17) is 4.74 Å². The topological polar surface area (TPSA) is 76.5 Å². The summed E-state index contributed by atoms with van der Waals surface area (Å²) < 4.78 is 7.03. The molecule has 3 fully saturated rings. The van der Waals surface area contributed by atoms with E-state index in [0.717, 1.165) is 37.1 Å². The van der Waals surface area contributed by atoms with E-state index in [9.17, 15) is 9.59 Å². The molecule has 1 N–H and O–H groups in total. The van der Waals surface area contributed by atoms with Gasteiger partial charge in [-0.05, 0) is 62.3 Å². The van der Waals surface area contributed by atoms with Crippen LogP contribution < -0.4 is 5.32 Å². The van der Waals surface area contributed by atoms with Crippen molar-refractivity contribution in [2.24, 2.45) is 11.8 Å². The zero-order valence-corrected chi connectivity index (χ0v) is 16.4. The van der Waals surface area contributed by atoms with E-state index in [2.05, 4.69) is 10.4 Å². The van der Waals surface area contributed by atoms with E-state index in [1.54, 1.807) is 17.1 Å². The van der Waals surface area contributed by atoms with Crippen molar-refractivity contribution in [1.82, 2.24) is 14.7 Å². The minimum Gasteiger partial charge on any atom is -0.381 e. The van der Waals surface area contributed by atoms with Crippen molar-refractivity contribution in [1.29, 1.82) is 0 Å². The molecule has 3 heterocycles. The van der Waals surface area contributed by atoms with Gasteiger partial charge in [0.05, 0.1) is 23.8 Å². The molecule has 2 aliphatic heterocycles. The van der Waals surface area contributed by atoms with Crippen molar-refractivity contribution in [3.8, 4) is 5.69 Å². The van der Waals surface area contributed by atoms with Crippen LogP contribution in [0.4, 0.5) is 5.69 Å². The molecule has 0 radical (unpaired) electrons. The third-order valence-corrected chi connectivity index (χ3v) is 6.49. The van der Waals surface area contributed by atoms with Crippen LogP contribution in [0.5, 0.6) is 0 Å². The normalized spacial score (nSPS) is 24.1. The van der Waals surface area contributed by atoms with Crippen LogP contribution in [0, 0.1) is 11.8 Å². The van der Waals surface area contributed by atoms with Gasteiger partial charge in [0, 0.05) is 37.3 Å². The van der Waals surface area contributed by atoms with E-state index in [-0.39, 0.29) is 17.7 Å². The molecule has 1 saturated carbocycles. The van der Waals surface area contributed by atoms with Gasteiger partial charge in [-0.1, -0.05) is 0 Å². The summed E-state index contributed by atoms with van der Waals surface area (Å²) in [7, 11) is 0. The van der Waals surface area contributed by atoms with Crippen LogP contribution in [-0.4, -0.2) is 52.3 Å². The summed E-state index contributed by atoms with van der Waals surface area (Å²) in [5.74, 6) is 0.850. The highest BCUT2D eigenvalue weighted by molar-refractivity contribution is 5.95. The lowest BCUT2D eigenvalue weighted by Gasteiger charge is -2.27. The second-order valence-corrected chi connectivity index (χ2v) is 8.39. The lowest BCUT2D eigenvalue weighted by atomic mass is 9.99. The third kappa shape index (κ3) is 3.67. The molecule has 3 aliphatic rings. The summed E-state index contributed by atoms with van der Waals surface area (Å²) >= 11 is 0. The Balaban J connectivity index is 1.23. The minimum atomic E-state index is -0.00162. The summed E-state index contributed by atoms with van der Waals surface area (Å²) in [5.41, 5.74) is 2.26. The van der Waals surface area contributed by atoms with Gasteiger partial charge < -0.3 is 15.0 Å². The molecule has 2 bridgehead atoms. The number of anilines is 1. The summed E-state index contributed by atoms with van der Waals surface area (Å²) in [6.07, 6.45) is 8.54. The molecule has 2 saturated heterocycles. The van der Waals surface area contributed by atoms with Crippen LogP contribution in [0.25, 0.3) is 5.69 Å². The van der Waals surface area contributed by atoms with E-state index in [0.29, 0.717) is 30.9 Å². The molecular weight excluding hydrogens is 368 g/mol. The number of hydrogen-bond donors (Lipinski definition) is 1. The summed E-state index contributed by atoms with van der Waals surface area (Å²) in [6.45, 7) is 2.18. The van der Waals surface area contributed by atoms with Gasteiger partial charge in [0.25, 0.3) is 5.91 Å². The number of amides is 2. The number of piperidine rings is 1. The first-order valence-electron chi connectivity index (χ1n) is 10.5. The molecule has 5 rings (SSSR count). The van der Waals surface area contributed by atoms with Gasteiger partial charge in [-0.2, -0.15) is 5.10 Å². The number of benzene rings is 1. The predicted octanol–water partition coefficient (Wildman–Crippen LogP) is 2.86. The number of carbonyl (C=O) groups is 2. The Hall–Kier alpha value is -2.67. The molecule has 2 amide bonds. The number of fused-ring (bicyclic) bond motifs is 2. The lowest BCUT2D eigenvalue weighted by molar-refractivity contribution is -0.122. The van der Waals surface area contributed by atoms with Crippen molar-refractivity contribution < 1.29 is 14.3 Å². The average Bonchev–Trinajstić information content (AvgIpc) is 3.51. The summed E-state index contributed by atoms with van der Waals surface area (Å²) in [6, 6.07) is 7.97. The van der Waals surface area contributed by atoms with E-state index in [1.807, 2.05) is 29.2 Å². The molecule has 1 aromatic carbocycles. The maximum atomic E-state index is 12.8. The molecule has 1 aliphatic carbocycles. The molecule has 0 unspecified atom stereocenters. The number of nitrogens with zero attached hydrogens (tertiary/aromatic N) is 3. The van der Waals surface area contributed by atoms with E-state index >= 15 is 0 Å². The SMILES string of the molecule is O=C(Nc1cnn(-c2ccc(C(=O)N3C[C@H]4CC[C@H]3C4)cc2)c1)C1CCOCC1. The minimum absolute atomic E-state index is 0.00162. The van der Waals surface area contributed by atoms with Crippen LogP contribution in [0.2, 0.25) is 0 Å². The van der Waals surface area contributed by atoms with Crippen LogP contribution in [0.15, 0.2) is 36.7 Å². The molecule has 2 atom stereocenters. The highest BCUT2D eigenvalue weighted by Gasteiger charge is 2.40. The van der Waals surface area contributed by atoms with E-state index in [1.165, 1.54) is 12.8 Å². The van der Waals surface area contributed by atoms with Crippen LogP contribution in [0.1, 0.15) is 42.5 Å².